The number of hydrogen-bond donors (Lipinski definition) is 0. The van der Waals surface area contributed by atoms with Crippen LogP contribution in [0.25, 0.3) is 10.4 Å². The van der Waals surface area contributed by atoms with Crippen LogP contribution in [0, 0.1) is 12.3 Å². The van der Waals surface area contributed by atoms with Gasteiger partial charge >= 0.3 is 0 Å². The van der Waals surface area contributed by atoms with Crippen LogP contribution in [0.1, 0.15) is 6.92 Å². The molecule has 0 saturated carbocycles. The van der Waals surface area contributed by atoms with Gasteiger partial charge in [0.2, 0.25) is 0 Å². The van der Waals surface area contributed by atoms with E-state index in [0.29, 0.717) is 0 Å². The molecule has 0 rings (SSSR count). The second-order valence-electron chi connectivity index (χ2n) is 2.15. The van der Waals surface area contributed by atoms with E-state index in [9.17, 15) is 0 Å². The molecular weight excluding hydrogens is 154 g/mol. The van der Waals surface area contributed by atoms with Crippen molar-refractivity contribution in [2.75, 3.05) is 6.61 Å². The molecule has 0 aliphatic rings. The molecule has 0 aliphatic heterocycles. The summed E-state index contributed by atoms with van der Waals surface area (Å²) >= 11 is 0. The Morgan fingerprint density at radius 2 is 2.58 bits per heavy atom. The molecule has 2 atom stereocenters. The largest absolute Gasteiger partial charge is 0.365 e. The van der Waals surface area contributed by atoms with Gasteiger partial charge in [-0.1, -0.05) is 17.1 Å². The standard InChI is InChI=1S/C8H11N3O/c1-4-7(3)12-6-8(5-2)10-11-9/h1,5,7-8H,2,6H2,3H3/t7-,8?/m0/s1. The van der Waals surface area contributed by atoms with E-state index in [1.807, 2.05) is 0 Å². The Morgan fingerprint density at radius 3 is 3.00 bits per heavy atom. The van der Waals surface area contributed by atoms with Crippen molar-refractivity contribution in [2.24, 2.45) is 5.11 Å². The second kappa shape index (κ2) is 6.29. The third-order valence-corrected chi connectivity index (χ3v) is 1.22. The normalized spacial score (nSPS) is 13.7. The maximum Gasteiger partial charge on any atom is 0.115 e. The molecule has 0 amide bonds. The van der Waals surface area contributed by atoms with Gasteiger partial charge in [0.25, 0.3) is 0 Å². The molecule has 0 N–H and O–H groups in total. The lowest BCUT2D eigenvalue weighted by molar-refractivity contribution is 0.0997. The van der Waals surface area contributed by atoms with E-state index in [0.717, 1.165) is 0 Å². The molecular formula is C8H11N3O. The van der Waals surface area contributed by atoms with Crippen molar-refractivity contribution >= 4 is 0 Å². The summed E-state index contributed by atoms with van der Waals surface area (Å²) in [5, 5.41) is 3.42. The summed E-state index contributed by atoms with van der Waals surface area (Å²) < 4.78 is 5.12. The van der Waals surface area contributed by atoms with Crippen molar-refractivity contribution in [3.05, 3.63) is 23.1 Å². The molecule has 4 nitrogen and oxygen atoms in total. The molecule has 12 heavy (non-hydrogen) atoms. The molecule has 0 aromatic carbocycles. The topological polar surface area (TPSA) is 58.0 Å². The molecule has 0 bridgehead atoms. The zero-order valence-corrected chi connectivity index (χ0v) is 6.97. The highest BCUT2D eigenvalue weighted by Crippen LogP contribution is 1.97. The van der Waals surface area contributed by atoms with Gasteiger partial charge in [-0.2, -0.15) is 0 Å². The summed E-state index contributed by atoms with van der Waals surface area (Å²) in [6.07, 6.45) is 6.32. The summed E-state index contributed by atoms with van der Waals surface area (Å²) in [6.45, 7) is 5.51. The van der Waals surface area contributed by atoms with Crippen LogP contribution in [-0.4, -0.2) is 18.8 Å². The summed E-state index contributed by atoms with van der Waals surface area (Å²) in [4.78, 5) is 2.63. The van der Waals surface area contributed by atoms with E-state index in [4.69, 9.17) is 16.7 Å². The van der Waals surface area contributed by atoms with Crippen molar-refractivity contribution in [1.29, 1.82) is 0 Å². The van der Waals surface area contributed by atoms with Crippen molar-refractivity contribution in [3.8, 4) is 12.3 Å². The molecule has 0 aromatic rings. The Labute approximate surface area is 71.9 Å². The molecule has 0 aromatic heterocycles. The molecule has 0 heterocycles. The number of rotatable bonds is 5. The van der Waals surface area contributed by atoms with Gasteiger partial charge < -0.3 is 4.74 Å². The zero-order valence-electron chi connectivity index (χ0n) is 6.97. The van der Waals surface area contributed by atoms with Crippen LogP contribution in [0.2, 0.25) is 0 Å². The minimum atomic E-state index is -0.342. The first kappa shape index (κ1) is 10.6. The first-order valence-corrected chi connectivity index (χ1v) is 3.49. The fourth-order valence-corrected chi connectivity index (χ4v) is 0.506. The van der Waals surface area contributed by atoms with Crippen LogP contribution in [0.15, 0.2) is 17.8 Å². The van der Waals surface area contributed by atoms with Gasteiger partial charge in [0.05, 0.1) is 12.6 Å². The SMILES string of the molecule is C#C[C@H](C)OCC(C=C)N=[N+]=[N-]. The molecule has 1 unspecified atom stereocenters. The Bertz CT molecular complexity index is 225. The maximum atomic E-state index is 8.10. The number of ether oxygens (including phenoxy) is 1. The molecule has 0 aliphatic carbocycles. The lowest BCUT2D eigenvalue weighted by Crippen LogP contribution is -2.14. The molecule has 0 radical (unpaired) electrons. The van der Waals surface area contributed by atoms with Crippen LogP contribution in [0.5, 0.6) is 0 Å². The van der Waals surface area contributed by atoms with E-state index in [2.05, 4.69) is 22.5 Å². The summed E-state index contributed by atoms with van der Waals surface area (Å²) in [5.74, 6) is 2.40. The highest BCUT2D eigenvalue weighted by Gasteiger charge is 2.02. The molecule has 4 heteroatoms. The van der Waals surface area contributed by atoms with E-state index in [1.54, 1.807) is 6.92 Å². The quantitative estimate of drug-likeness (QED) is 0.202. The van der Waals surface area contributed by atoms with Gasteiger partial charge in [-0.05, 0) is 12.5 Å². The van der Waals surface area contributed by atoms with Gasteiger partial charge in [-0.15, -0.1) is 13.0 Å². The molecule has 64 valence electrons. The van der Waals surface area contributed by atoms with Crippen molar-refractivity contribution in [3.63, 3.8) is 0 Å². The fourth-order valence-electron chi connectivity index (χ4n) is 0.506. The van der Waals surface area contributed by atoms with Crippen molar-refractivity contribution < 1.29 is 4.74 Å². The van der Waals surface area contributed by atoms with E-state index in [1.165, 1.54) is 6.08 Å². The van der Waals surface area contributed by atoms with Crippen molar-refractivity contribution in [1.82, 2.24) is 0 Å². The van der Waals surface area contributed by atoms with Crippen molar-refractivity contribution in [2.45, 2.75) is 19.1 Å². The third-order valence-electron chi connectivity index (χ3n) is 1.22. The first-order chi connectivity index (χ1) is 5.74. The minimum absolute atomic E-state index is 0.263. The van der Waals surface area contributed by atoms with Gasteiger partial charge in [-0.25, -0.2) is 0 Å². The summed E-state index contributed by atoms with van der Waals surface area (Å²) in [6, 6.07) is -0.342. The van der Waals surface area contributed by atoms with E-state index in [-0.39, 0.29) is 18.8 Å². The third kappa shape index (κ3) is 4.40. The molecule has 0 spiro atoms. The van der Waals surface area contributed by atoms with Crippen LogP contribution in [0.3, 0.4) is 0 Å². The maximum absolute atomic E-state index is 8.10. The lowest BCUT2D eigenvalue weighted by atomic mass is 10.3. The van der Waals surface area contributed by atoms with Crippen LogP contribution < -0.4 is 0 Å². The predicted octanol–water partition coefficient (Wildman–Crippen LogP) is 1.89. The average Bonchev–Trinajstić information content (AvgIpc) is 2.11. The number of terminal acetylenes is 1. The Hall–Kier alpha value is -1.43. The second-order valence-corrected chi connectivity index (χ2v) is 2.15. The van der Waals surface area contributed by atoms with Gasteiger partial charge in [0.15, 0.2) is 0 Å². The number of azide groups is 1. The Balaban J connectivity index is 3.81. The van der Waals surface area contributed by atoms with E-state index >= 15 is 0 Å². The fraction of sp³-hybridized carbons (Fsp3) is 0.500. The average molecular weight is 165 g/mol. The lowest BCUT2D eigenvalue weighted by Gasteiger charge is -2.08. The zero-order chi connectivity index (χ0) is 9.40. The number of nitrogens with zero attached hydrogens (tertiary/aromatic N) is 3. The first-order valence-electron chi connectivity index (χ1n) is 3.49. The monoisotopic (exact) mass is 165 g/mol. The predicted molar refractivity (Wildman–Crippen MR) is 47.4 cm³/mol. The van der Waals surface area contributed by atoms with E-state index < -0.39 is 0 Å². The van der Waals surface area contributed by atoms with Gasteiger partial charge in [0, 0.05) is 4.91 Å². The van der Waals surface area contributed by atoms with Crippen LogP contribution >= 0.6 is 0 Å². The van der Waals surface area contributed by atoms with Crippen LogP contribution in [0.4, 0.5) is 0 Å². The summed E-state index contributed by atoms with van der Waals surface area (Å²) in [7, 11) is 0. The Kier molecular flexibility index (Phi) is 5.54. The molecule has 0 saturated heterocycles. The molecule has 0 fully saturated rings. The highest BCUT2D eigenvalue weighted by atomic mass is 16.5. The Morgan fingerprint density at radius 1 is 1.92 bits per heavy atom. The van der Waals surface area contributed by atoms with Gasteiger partial charge in [-0.3, -0.25) is 0 Å². The minimum Gasteiger partial charge on any atom is -0.365 e. The van der Waals surface area contributed by atoms with Gasteiger partial charge in [0.1, 0.15) is 6.10 Å². The number of hydrogen-bond acceptors (Lipinski definition) is 2. The summed E-state index contributed by atoms with van der Waals surface area (Å²) in [5.41, 5.74) is 8.10. The van der Waals surface area contributed by atoms with Crippen LogP contribution in [-0.2, 0) is 4.74 Å². The smallest absolute Gasteiger partial charge is 0.115 e. The highest BCUT2D eigenvalue weighted by molar-refractivity contribution is 4.93.